The molecule has 0 spiro atoms. The molecule has 256 valence electrons. The zero-order valence-electron chi connectivity index (χ0n) is 29.7. The van der Waals surface area contributed by atoms with Gasteiger partial charge >= 0.3 is 0 Å². The Labute approximate surface area is 301 Å². The zero-order chi connectivity index (χ0) is 34.4. The normalized spacial score (nSPS) is 12.3. The molecule has 0 saturated heterocycles. The fraction of sp³-hybridized carbons (Fsp3) is 0.357. The van der Waals surface area contributed by atoms with Crippen LogP contribution in [0.15, 0.2) is 97.1 Å². The summed E-state index contributed by atoms with van der Waals surface area (Å²) in [6.07, 6.45) is 8.63. The van der Waals surface area contributed by atoms with Crippen molar-refractivity contribution >= 4 is 73.8 Å². The Bertz CT molecular complexity index is 1910. The van der Waals surface area contributed by atoms with E-state index in [4.69, 9.17) is 4.43 Å². The number of fused-ring (bicyclic) bond motifs is 3. The van der Waals surface area contributed by atoms with E-state index in [1.807, 2.05) is 11.3 Å². The highest BCUT2D eigenvalue weighted by Gasteiger charge is 2.50. The van der Waals surface area contributed by atoms with Gasteiger partial charge in [-0.25, -0.2) is 0 Å². The highest BCUT2D eigenvalue weighted by molar-refractivity contribution is 7.29. The molecule has 0 atom stereocenters. The standard InChI is InChI=1S/C42H50N2O2S2Si/c1-6-7-8-9-10-17-26-44-37-29-34(31-45)47-40(37)41-38(44)30-39(48-41)32-22-24-33(25-23-32)43(5)27-28-46-49(42(2,3)4,35-18-13-11-14-19-35)36-20-15-12-16-21-36/h11-16,18-25,29-31H,6-10,17,26-28H2,1-5H3. The molecule has 49 heavy (non-hydrogen) atoms. The third kappa shape index (κ3) is 7.36. The van der Waals surface area contributed by atoms with Crippen molar-refractivity contribution in [2.45, 2.75) is 77.8 Å². The molecule has 0 aliphatic rings. The van der Waals surface area contributed by atoms with Crippen LogP contribution in [0.1, 0.15) is 75.9 Å². The van der Waals surface area contributed by atoms with Crippen molar-refractivity contribution in [1.82, 2.24) is 4.57 Å². The van der Waals surface area contributed by atoms with Gasteiger partial charge in [-0.2, -0.15) is 0 Å². The quantitative estimate of drug-likeness (QED) is 0.0571. The minimum Gasteiger partial charge on any atom is -0.406 e. The summed E-state index contributed by atoms with van der Waals surface area (Å²) >= 11 is 3.47. The lowest BCUT2D eigenvalue weighted by molar-refractivity contribution is 0.112. The Balaban J connectivity index is 1.18. The maximum absolute atomic E-state index is 11.7. The molecule has 3 aromatic carbocycles. The van der Waals surface area contributed by atoms with Crippen molar-refractivity contribution in [3.8, 4) is 10.4 Å². The average Bonchev–Trinajstić information content (AvgIpc) is 3.81. The molecule has 6 aromatic rings. The first-order valence-electron chi connectivity index (χ1n) is 17.8. The first-order valence-corrected chi connectivity index (χ1v) is 21.4. The number of nitrogens with zero attached hydrogens (tertiary/aromatic N) is 2. The van der Waals surface area contributed by atoms with Gasteiger partial charge < -0.3 is 13.9 Å². The van der Waals surface area contributed by atoms with Gasteiger partial charge in [-0.1, -0.05) is 133 Å². The Morgan fingerprint density at radius 3 is 1.98 bits per heavy atom. The van der Waals surface area contributed by atoms with E-state index in [9.17, 15) is 4.79 Å². The summed E-state index contributed by atoms with van der Waals surface area (Å²) < 4.78 is 12.2. The van der Waals surface area contributed by atoms with Crippen LogP contribution in [-0.4, -0.2) is 39.4 Å². The Morgan fingerprint density at radius 1 is 0.776 bits per heavy atom. The van der Waals surface area contributed by atoms with Gasteiger partial charge in [-0.3, -0.25) is 4.79 Å². The van der Waals surface area contributed by atoms with Crippen molar-refractivity contribution in [3.63, 3.8) is 0 Å². The molecular weight excluding hydrogens is 657 g/mol. The lowest BCUT2D eigenvalue weighted by atomic mass is 10.1. The van der Waals surface area contributed by atoms with Crippen molar-refractivity contribution < 1.29 is 9.22 Å². The lowest BCUT2D eigenvalue weighted by Crippen LogP contribution is -2.67. The smallest absolute Gasteiger partial charge is 0.261 e. The number of thiophene rings is 2. The Hall–Kier alpha value is -3.49. The predicted octanol–water partition coefficient (Wildman–Crippen LogP) is 10.8. The fourth-order valence-electron chi connectivity index (χ4n) is 7.24. The summed E-state index contributed by atoms with van der Waals surface area (Å²) in [6.45, 7) is 11.7. The first kappa shape index (κ1) is 35.3. The van der Waals surface area contributed by atoms with E-state index in [1.165, 1.54) is 85.5 Å². The van der Waals surface area contributed by atoms with E-state index < -0.39 is 8.32 Å². The molecule has 6 rings (SSSR count). The van der Waals surface area contributed by atoms with Gasteiger partial charge in [-0.05, 0) is 51.7 Å². The minimum atomic E-state index is -2.57. The van der Waals surface area contributed by atoms with Gasteiger partial charge in [0.2, 0.25) is 0 Å². The lowest BCUT2D eigenvalue weighted by Gasteiger charge is -2.43. The molecule has 0 N–H and O–H groups in total. The molecule has 4 nitrogen and oxygen atoms in total. The second-order valence-corrected chi connectivity index (χ2v) is 20.6. The predicted molar refractivity (Wildman–Crippen MR) is 216 cm³/mol. The number of benzene rings is 3. The van der Waals surface area contributed by atoms with Crippen LogP contribution in [0.3, 0.4) is 0 Å². The van der Waals surface area contributed by atoms with Crippen molar-refractivity contribution in [3.05, 3.63) is 102 Å². The Kier molecular flexibility index (Phi) is 11.2. The molecule has 0 radical (unpaired) electrons. The number of aromatic nitrogens is 1. The highest BCUT2D eigenvalue weighted by Crippen LogP contribution is 2.43. The highest BCUT2D eigenvalue weighted by atomic mass is 32.1. The first-order chi connectivity index (χ1) is 23.8. The second kappa shape index (κ2) is 15.6. The number of likely N-dealkylation sites (N-methyl/N-ethyl adjacent to an activating group) is 1. The number of aldehydes is 1. The SMILES string of the molecule is CCCCCCCCn1c2cc(C=O)sc2c2sc(-c3ccc(N(C)CCO[Si](c4ccccc4)(c4ccccc4)C(C)(C)C)cc3)cc21. The van der Waals surface area contributed by atoms with Crippen LogP contribution in [0, 0.1) is 0 Å². The fourth-order valence-corrected chi connectivity index (χ4v) is 14.1. The third-order valence-electron chi connectivity index (χ3n) is 9.84. The molecule has 3 aromatic heterocycles. The number of unbranched alkanes of at least 4 members (excludes halogenated alkanes) is 5. The molecule has 0 aliphatic carbocycles. The van der Waals surface area contributed by atoms with Crippen LogP contribution >= 0.6 is 22.7 Å². The molecule has 0 fully saturated rings. The molecular formula is C42H50N2O2S2Si. The number of aryl methyl sites for hydroxylation is 1. The van der Waals surface area contributed by atoms with Crippen LogP contribution in [-0.2, 0) is 11.0 Å². The number of hydrogen-bond acceptors (Lipinski definition) is 5. The Morgan fingerprint density at radius 2 is 1.37 bits per heavy atom. The number of anilines is 1. The minimum absolute atomic E-state index is 0.0418. The van der Waals surface area contributed by atoms with Gasteiger partial charge in [0.05, 0.1) is 31.9 Å². The molecule has 0 aliphatic heterocycles. The topological polar surface area (TPSA) is 34.5 Å². The van der Waals surface area contributed by atoms with Gasteiger partial charge in [-0.15, -0.1) is 22.7 Å². The molecule has 0 saturated carbocycles. The van der Waals surface area contributed by atoms with Crippen molar-refractivity contribution in [2.75, 3.05) is 25.1 Å². The van der Waals surface area contributed by atoms with Crippen LogP contribution in [0.25, 0.3) is 30.9 Å². The van der Waals surface area contributed by atoms with Crippen LogP contribution in [0.4, 0.5) is 5.69 Å². The van der Waals surface area contributed by atoms with E-state index in [2.05, 4.69) is 141 Å². The van der Waals surface area contributed by atoms with Gasteiger partial charge in [0.1, 0.15) is 0 Å². The average molecular weight is 707 g/mol. The number of carbonyl (C=O) groups is 1. The van der Waals surface area contributed by atoms with Crippen molar-refractivity contribution in [2.24, 2.45) is 0 Å². The third-order valence-corrected chi connectivity index (χ3v) is 17.3. The van der Waals surface area contributed by atoms with E-state index >= 15 is 0 Å². The summed E-state index contributed by atoms with van der Waals surface area (Å²) in [5.74, 6) is 0. The van der Waals surface area contributed by atoms with E-state index in [0.717, 1.165) is 24.3 Å². The largest absolute Gasteiger partial charge is 0.406 e. The molecule has 0 unspecified atom stereocenters. The molecule has 0 amide bonds. The van der Waals surface area contributed by atoms with Gasteiger partial charge in [0.25, 0.3) is 8.32 Å². The number of carbonyl (C=O) groups excluding carboxylic acids is 1. The molecule has 7 heteroatoms. The van der Waals surface area contributed by atoms with Crippen molar-refractivity contribution in [1.29, 1.82) is 0 Å². The van der Waals surface area contributed by atoms with E-state index in [-0.39, 0.29) is 5.04 Å². The van der Waals surface area contributed by atoms with E-state index in [0.29, 0.717) is 6.61 Å². The number of hydrogen-bond donors (Lipinski definition) is 0. The monoisotopic (exact) mass is 706 g/mol. The summed E-state index contributed by atoms with van der Waals surface area (Å²) in [4.78, 5) is 16.1. The molecule has 0 bridgehead atoms. The summed E-state index contributed by atoms with van der Waals surface area (Å²) in [6, 6.07) is 35.2. The van der Waals surface area contributed by atoms with Crippen LogP contribution in [0.2, 0.25) is 5.04 Å². The summed E-state index contributed by atoms with van der Waals surface area (Å²) in [5, 5.41) is 2.58. The molecule has 3 heterocycles. The van der Waals surface area contributed by atoms with Gasteiger partial charge in [0.15, 0.2) is 6.29 Å². The summed E-state index contributed by atoms with van der Waals surface area (Å²) in [7, 11) is -0.408. The number of rotatable bonds is 16. The van der Waals surface area contributed by atoms with Gasteiger partial charge in [0, 0.05) is 30.7 Å². The van der Waals surface area contributed by atoms with Crippen LogP contribution < -0.4 is 15.3 Å². The maximum Gasteiger partial charge on any atom is 0.261 e. The maximum atomic E-state index is 11.7. The van der Waals surface area contributed by atoms with E-state index in [1.54, 1.807) is 11.3 Å². The van der Waals surface area contributed by atoms with Crippen LogP contribution in [0.5, 0.6) is 0 Å². The zero-order valence-corrected chi connectivity index (χ0v) is 32.3. The summed E-state index contributed by atoms with van der Waals surface area (Å²) in [5.41, 5.74) is 4.92. The second-order valence-electron chi connectivity index (χ2n) is 14.2.